The van der Waals surface area contributed by atoms with Gasteiger partial charge in [0.1, 0.15) is 5.75 Å². The molecule has 4 N–H and O–H groups in total. The second-order valence-corrected chi connectivity index (χ2v) is 8.54. The van der Waals surface area contributed by atoms with Gasteiger partial charge in [-0.15, -0.1) is 24.8 Å². The van der Waals surface area contributed by atoms with Gasteiger partial charge in [-0.25, -0.2) is 0 Å². The summed E-state index contributed by atoms with van der Waals surface area (Å²) in [4.78, 5) is 27.7. The van der Waals surface area contributed by atoms with Gasteiger partial charge in [0, 0.05) is 24.3 Å². The molecule has 1 aliphatic rings. The van der Waals surface area contributed by atoms with Gasteiger partial charge in [-0.05, 0) is 54.4 Å². The summed E-state index contributed by atoms with van der Waals surface area (Å²) in [6, 6.07) is 22.8. The van der Waals surface area contributed by atoms with E-state index in [0.717, 1.165) is 11.1 Å². The predicted molar refractivity (Wildman–Crippen MR) is 156 cm³/mol. The molecule has 0 saturated carbocycles. The van der Waals surface area contributed by atoms with Crippen LogP contribution < -0.4 is 21.1 Å². The lowest BCUT2D eigenvalue weighted by atomic mass is 10.1. The number of ether oxygens (including phenoxy) is 2. The Bertz CT molecular complexity index is 1160. The average molecular weight is 562 g/mol. The molecule has 0 unspecified atom stereocenters. The summed E-state index contributed by atoms with van der Waals surface area (Å²) in [6.07, 6.45) is 0.683. The third kappa shape index (κ3) is 9.01. The smallest absolute Gasteiger partial charge is 0.255 e. The quantitative estimate of drug-likeness (QED) is 0.316. The van der Waals surface area contributed by atoms with E-state index in [0.29, 0.717) is 68.6 Å². The van der Waals surface area contributed by atoms with Crippen LogP contribution in [-0.2, 0) is 9.53 Å². The second kappa shape index (κ2) is 16.0. The Morgan fingerprint density at radius 2 is 1.58 bits per heavy atom. The number of carbonyl (C=O) groups excluding carboxylic acids is 2. The van der Waals surface area contributed by atoms with Gasteiger partial charge in [-0.3, -0.25) is 14.5 Å². The minimum Gasteiger partial charge on any atom is -0.491 e. The van der Waals surface area contributed by atoms with Crippen LogP contribution in [0, 0.1) is 0 Å². The highest BCUT2D eigenvalue weighted by atomic mass is 35.5. The van der Waals surface area contributed by atoms with Crippen molar-refractivity contribution in [3.05, 3.63) is 78.4 Å². The third-order valence-electron chi connectivity index (χ3n) is 5.84. The van der Waals surface area contributed by atoms with Crippen LogP contribution in [0.5, 0.6) is 5.75 Å². The largest absolute Gasteiger partial charge is 0.491 e. The first-order valence-corrected chi connectivity index (χ1v) is 12.2. The van der Waals surface area contributed by atoms with Crippen molar-refractivity contribution in [2.45, 2.75) is 6.42 Å². The van der Waals surface area contributed by atoms with Crippen molar-refractivity contribution in [2.24, 2.45) is 5.73 Å². The molecule has 4 rings (SSSR count). The molecular formula is C28H34Cl2N4O4. The summed E-state index contributed by atoms with van der Waals surface area (Å²) >= 11 is 0. The summed E-state index contributed by atoms with van der Waals surface area (Å²) in [5.74, 6) is 0.0526. The van der Waals surface area contributed by atoms with Crippen molar-refractivity contribution in [1.82, 2.24) is 4.90 Å². The number of morpholine rings is 1. The normalized spacial score (nSPS) is 13.0. The van der Waals surface area contributed by atoms with Crippen LogP contribution in [0.4, 0.5) is 11.4 Å². The van der Waals surface area contributed by atoms with Gasteiger partial charge in [-0.1, -0.05) is 42.5 Å². The maximum absolute atomic E-state index is 13.0. The van der Waals surface area contributed by atoms with Gasteiger partial charge in [0.05, 0.1) is 32.1 Å². The number of nitrogens with one attached hydrogen (secondary N) is 2. The molecule has 0 aliphatic carbocycles. The van der Waals surface area contributed by atoms with E-state index in [-0.39, 0.29) is 43.2 Å². The number of carbonyl (C=O) groups is 2. The molecule has 204 valence electrons. The van der Waals surface area contributed by atoms with Crippen LogP contribution in [-0.4, -0.2) is 62.7 Å². The monoisotopic (exact) mass is 560 g/mol. The number of amides is 2. The van der Waals surface area contributed by atoms with E-state index in [9.17, 15) is 9.59 Å². The number of rotatable bonds is 10. The van der Waals surface area contributed by atoms with Crippen LogP contribution in [0.2, 0.25) is 0 Å². The van der Waals surface area contributed by atoms with Crippen LogP contribution in [0.3, 0.4) is 0 Å². The fourth-order valence-electron chi connectivity index (χ4n) is 3.89. The highest BCUT2D eigenvalue weighted by Crippen LogP contribution is 2.27. The van der Waals surface area contributed by atoms with E-state index >= 15 is 0 Å². The number of anilines is 2. The number of nitrogens with zero attached hydrogens (tertiary/aromatic N) is 1. The molecule has 1 fully saturated rings. The lowest BCUT2D eigenvalue weighted by Crippen LogP contribution is -2.41. The molecule has 0 atom stereocenters. The lowest BCUT2D eigenvalue weighted by molar-refractivity contribution is -0.118. The average Bonchev–Trinajstić information content (AvgIpc) is 2.91. The summed E-state index contributed by atoms with van der Waals surface area (Å²) in [7, 11) is 0. The Labute approximate surface area is 235 Å². The van der Waals surface area contributed by atoms with Gasteiger partial charge in [0.15, 0.2) is 0 Å². The van der Waals surface area contributed by atoms with Gasteiger partial charge in [-0.2, -0.15) is 0 Å². The number of halogens is 2. The summed E-state index contributed by atoms with van der Waals surface area (Å²) in [6.45, 7) is 3.81. The van der Waals surface area contributed by atoms with Crippen molar-refractivity contribution in [3.63, 3.8) is 0 Å². The van der Waals surface area contributed by atoms with Gasteiger partial charge in [0.2, 0.25) is 5.91 Å². The van der Waals surface area contributed by atoms with E-state index < -0.39 is 0 Å². The maximum Gasteiger partial charge on any atom is 0.255 e. The predicted octanol–water partition coefficient (Wildman–Crippen LogP) is 4.45. The van der Waals surface area contributed by atoms with E-state index in [1.165, 1.54) is 0 Å². The molecule has 0 radical (unpaired) electrons. The van der Waals surface area contributed by atoms with Crippen LogP contribution in [0.25, 0.3) is 11.1 Å². The molecule has 8 nitrogen and oxygen atoms in total. The standard InChI is InChI=1S/C28H32N4O4.2ClH/c29-13-4-16-36-26-12-9-23(19-25(26)31-27(33)20-32-14-17-35-18-15-32)28(34)30-24-10-7-22(8-11-24)21-5-2-1-3-6-21;;/h1-3,5-12,19H,4,13-18,20,29H2,(H,30,34)(H,31,33);2*1H. The van der Waals surface area contributed by atoms with Gasteiger partial charge in [0.25, 0.3) is 5.91 Å². The maximum atomic E-state index is 13.0. The highest BCUT2D eigenvalue weighted by molar-refractivity contribution is 6.06. The molecule has 0 spiro atoms. The van der Waals surface area contributed by atoms with Gasteiger partial charge < -0.3 is 25.8 Å². The first-order chi connectivity index (χ1) is 17.6. The number of hydrogen-bond donors (Lipinski definition) is 3. The second-order valence-electron chi connectivity index (χ2n) is 8.54. The van der Waals surface area contributed by atoms with Gasteiger partial charge >= 0.3 is 0 Å². The molecule has 10 heteroatoms. The van der Waals surface area contributed by atoms with E-state index in [4.69, 9.17) is 15.2 Å². The molecule has 0 bridgehead atoms. The first kappa shape index (κ1) is 31.1. The van der Waals surface area contributed by atoms with Crippen molar-refractivity contribution < 1.29 is 19.1 Å². The first-order valence-electron chi connectivity index (χ1n) is 12.2. The van der Waals surface area contributed by atoms with Crippen LogP contribution >= 0.6 is 24.8 Å². The van der Waals surface area contributed by atoms with Crippen molar-refractivity contribution in [1.29, 1.82) is 0 Å². The Morgan fingerprint density at radius 3 is 2.26 bits per heavy atom. The molecule has 3 aromatic carbocycles. The fourth-order valence-corrected chi connectivity index (χ4v) is 3.89. The zero-order valence-electron chi connectivity index (χ0n) is 21.1. The van der Waals surface area contributed by atoms with E-state index in [2.05, 4.69) is 10.6 Å². The molecule has 1 saturated heterocycles. The minimum absolute atomic E-state index is 0. The van der Waals surface area contributed by atoms with Crippen molar-refractivity contribution >= 4 is 48.0 Å². The Balaban J connectivity index is 0.00000253. The zero-order valence-corrected chi connectivity index (χ0v) is 22.7. The molecular weight excluding hydrogens is 527 g/mol. The molecule has 2 amide bonds. The highest BCUT2D eigenvalue weighted by Gasteiger charge is 2.17. The number of nitrogens with two attached hydrogens (primary N) is 1. The number of benzene rings is 3. The topological polar surface area (TPSA) is 106 Å². The number of hydrogen-bond acceptors (Lipinski definition) is 6. The van der Waals surface area contributed by atoms with Crippen LogP contribution in [0.15, 0.2) is 72.8 Å². The summed E-state index contributed by atoms with van der Waals surface area (Å²) in [5.41, 5.74) is 9.30. The Kier molecular flexibility index (Phi) is 13.1. The molecule has 0 aromatic heterocycles. The zero-order chi connectivity index (χ0) is 25.2. The fraction of sp³-hybridized carbons (Fsp3) is 0.286. The molecule has 1 aliphatic heterocycles. The lowest BCUT2D eigenvalue weighted by Gasteiger charge is -2.26. The summed E-state index contributed by atoms with van der Waals surface area (Å²) in [5, 5.41) is 5.84. The Hall–Kier alpha value is -3.14. The molecule has 38 heavy (non-hydrogen) atoms. The van der Waals surface area contributed by atoms with Crippen molar-refractivity contribution in [2.75, 3.05) is 56.6 Å². The molecule has 3 aromatic rings. The minimum atomic E-state index is -0.278. The van der Waals surface area contributed by atoms with Crippen molar-refractivity contribution in [3.8, 4) is 16.9 Å². The summed E-state index contributed by atoms with van der Waals surface area (Å²) < 4.78 is 11.2. The Morgan fingerprint density at radius 1 is 0.895 bits per heavy atom. The van der Waals surface area contributed by atoms with E-state index in [1.807, 2.05) is 59.5 Å². The third-order valence-corrected chi connectivity index (χ3v) is 5.84. The molecule has 1 heterocycles. The SMILES string of the molecule is Cl.Cl.NCCCOc1ccc(C(=O)Nc2ccc(-c3ccccc3)cc2)cc1NC(=O)CN1CCOCC1. The van der Waals surface area contributed by atoms with E-state index in [1.54, 1.807) is 18.2 Å². The van der Waals surface area contributed by atoms with Crippen LogP contribution in [0.1, 0.15) is 16.8 Å².